The molecule has 0 saturated carbocycles. The lowest BCUT2D eigenvalue weighted by molar-refractivity contribution is -0.421. The van der Waals surface area contributed by atoms with Crippen molar-refractivity contribution in [3.63, 3.8) is 0 Å². The Morgan fingerprint density at radius 1 is 1.24 bits per heavy atom. The van der Waals surface area contributed by atoms with Crippen LogP contribution in [0.2, 0.25) is 0 Å². The van der Waals surface area contributed by atoms with Gasteiger partial charge in [0.15, 0.2) is 0 Å². The molecule has 3 rings (SSSR count). The molecule has 1 saturated heterocycles. The molecular weight excluding hydrogens is 329 g/mol. The van der Waals surface area contributed by atoms with E-state index in [1.807, 2.05) is 27.7 Å². The van der Waals surface area contributed by atoms with Gasteiger partial charge in [-0.25, -0.2) is 4.79 Å². The number of nitrogens with zero attached hydrogens (tertiary/aromatic N) is 1. The zero-order valence-electron chi connectivity index (χ0n) is 14.6. The molecule has 0 atom stereocenters. The Kier molecular flexibility index (Phi) is 4.23. The molecule has 1 aromatic rings. The smallest absolute Gasteiger partial charge is 0.410 e. The van der Waals surface area contributed by atoms with Gasteiger partial charge in [-0.15, -0.1) is 0 Å². The fraction of sp³-hybridized carbons (Fsp3) is 0.562. The van der Waals surface area contributed by atoms with Crippen molar-refractivity contribution >= 4 is 23.9 Å². The third kappa shape index (κ3) is 4.06. The van der Waals surface area contributed by atoms with Gasteiger partial charge in [0.1, 0.15) is 17.5 Å². The van der Waals surface area contributed by atoms with Crippen molar-refractivity contribution in [1.82, 2.24) is 4.90 Å². The molecule has 0 aliphatic carbocycles. The molecule has 0 radical (unpaired) electrons. The molecule has 1 amide bonds. The Bertz CT molecular complexity index is 689. The van der Waals surface area contributed by atoms with E-state index in [9.17, 15) is 4.79 Å². The summed E-state index contributed by atoms with van der Waals surface area (Å²) in [5, 5.41) is 26.8. The molecule has 8 nitrogen and oxygen atoms in total. The number of hydrogen-bond acceptors (Lipinski definition) is 7. The number of hydrogen-bond donors (Lipinski definition) is 3. The van der Waals surface area contributed by atoms with E-state index in [-0.39, 0.29) is 12.2 Å². The Morgan fingerprint density at radius 3 is 2.44 bits per heavy atom. The van der Waals surface area contributed by atoms with Gasteiger partial charge in [-0.05, 0) is 50.3 Å². The SMILES string of the molecule is Cc1c(OC2CN(C(=O)OC(C)(C)C)C2)ccc2c1B2OC(O)(O)O. The Hall–Kier alpha value is -1.81. The average molecular weight is 351 g/mol. The standard InChI is InChI=1S/C16H22BNO7/c1-9-12(6-5-11-13(9)17(11)25-16(20,21)22)23-10-7-18(8-10)14(19)24-15(2,3)4/h5-6,10,20-22H,7-8H2,1-4H3. The van der Waals surface area contributed by atoms with E-state index in [1.54, 1.807) is 17.0 Å². The van der Waals surface area contributed by atoms with Gasteiger partial charge < -0.3 is 34.3 Å². The lowest BCUT2D eigenvalue weighted by Crippen LogP contribution is -2.57. The van der Waals surface area contributed by atoms with Gasteiger partial charge in [-0.1, -0.05) is 6.07 Å². The first-order chi connectivity index (χ1) is 11.4. The molecule has 0 unspecified atom stereocenters. The molecule has 0 bridgehead atoms. The largest absolute Gasteiger partial charge is 0.486 e. The summed E-state index contributed by atoms with van der Waals surface area (Å²) in [5.74, 6) is 0.637. The van der Waals surface area contributed by atoms with Crippen molar-refractivity contribution in [3.05, 3.63) is 17.7 Å². The number of rotatable bonds is 4. The lowest BCUT2D eigenvalue weighted by atomic mass is 9.85. The van der Waals surface area contributed by atoms with Crippen LogP contribution in [0, 0.1) is 6.92 Å². The highest BCUT2D eigenvalue weighted by atomic mass is 16.9. The van der Waals surface area contributed by atoms with Gasteiger partial charge in [-0.3, -0.25) is 0 Å². The first-order valence-electron chi connectivity index (χ1n) is 8.07. The third-order valence-corrected chi connectivity index (χ3v) is 4.03. The molecule has 3 N–H and O–H groups in total. The van der Waals surface area contributed by atoms with Crippen LogP contribution in [0.4, 0.5) is 4.79 Å². The number of amides is 1. The minimum Gasteiger partial charge on any atom is -0.486 e. The maximum absolute atomic E-state index is 11.9. The molecule has 0 spiro atoms. The van der Waals surface area contributed by atoms with Crippen LogP contribution in [-0.2, 0) is 9.39 Å². The summed E-state index contributed by atoms with van der Waals surface area (Å²) in [4.78, 5) is 13.5. The van der Waals surface area contributed by atoms with Gasteiger partial charge in [0.2, 0.25) is 0 Å². The van der Waals surface area contributed by atoms with Gasteiger partial charge in [-0.2, -0.15) is 0 Å². The number of ether oxygens (including phenoxy) is 2. The first kappa shape index (κ1) is 18.0. The predicted molar refractivity (Wildman–Crippen MR) is 88.9 cm³/mol. The summed E-state index contributed by atoms with van der Waals surface area (Å²) in [6, 6.07) is 3.51. The molecule has 1 aromatic carbocycles. The second-order valence-electron chi connectivity index (χ2n) is 7.39. The number of benzene rings is 1. The Balaban J connectivity index is 1.54. The summed E-state index contributed by atoms with van der Waals surface area (Å²) < 4.78 is 15.9. The Labute approximate surface area is 146 Å². The van der Waals surface area contributed by atoms with E-state index in [4.69, 9.17) is 29.4 Å². The zero-order chi connectivity index (χ0) is 18.6. The van der Waals surface area contributed by atoms with E-state index in [0.29, 0.717) is 18.8 Å². The fourth-order valence-corrected chi connectivity index (χ4v) is 2.81. The van der Waals surface area contributed by atoms with Gasteiger partial charge in [0.25, 0.3) is 0 Å². The van der Waals surface area contributed by atoms with E-state index in [2.05, 4.69) is 0 Å². The molecule has 2 aliphatic heterocycles. The van der Waals surface area contributed by atoms with E-state index >= 15 is 0 Å². The van der Waals surface area contributed by atoms with E-state index < -0.39 is 18.7 Å². The average Bonchev–Trinajstić information content (AvgIpc) is 3.04. The van der Waals surface area contributed by atoms with Crippen LogP contribution in [0.25, 0.3) is 0 Å². The number of carbonyl (C=O) groups excluding carboxylic acids is 1. The zero-order valence-corrected chi connectivity index (χ0v) is 14.6. The van der Waals surface area contributed by atoms with Crippen LogP contribution >= 0.6 is 0 Å². The highest BCUT2D eigenvalue weighted by molar-refractivity contribution is 6.98. The molecule has 0 aromatic heterocycles. The van der Waals surface area contributed by atoms with Crippen LogP contribution in [-0.4, -0.2) is 64.2 Å². The number of aliphatic hydroxyl groups is 3. The highest BCUT2D eigenvalue weighted by Gasteiger charge is 2.47. The molecular formula is C16H22BNO7. The number of fused-ring (bicyclic) bond motifs is 1. The quantitative estimate of drug-likeness (QED) is 0.472. The lowest BCUT2D eigenvalue weighted by Gasteiger charge is -2.39. The second-order valence-corrected chi connectivity index (χ2v) is 7.39. The number of carbonyl (C=O) groups is 1. The van der Waals surface area contributed by atoms with E-state index in [1.165, 1.54) is 0 Å². The maximum Gasteiger partial charge on any atom is 0.410 e. The fourth-order valence-electron chi connectivity index (χ4n) is 2.81. The monoisotopic (exact) mass is 351 g/mol. The van der Waals surface area contributed by atoms with Crippen molar-refractivity contribution in [1.29, 1.82) is 0 Å². The van der Waals surface area contributed by atoms with Crippen LogP contribution in [0.5, 0.6) is 5.75 Å². The first-order valence-corrected chi connectivity index (χ1v) is 8.07. The van der Waals surface area contributed by atoms with Crippen molar-refractivity contribution in [3.8, 4) is 5.75 Å². The number of likely N-dealkylation sites (tertiary alicyclic amines) is 1. The molecule has 2 heterocycles. The van der Waals surface area contributed by atoms with Crippen molar-refractivity contribution < 1.29 is 34.2 Å². The second kappa shape index (κ2) is 5.88. The molecule has 1 fully saturated rings. The van der Waals surface area contributed by atoms with Crippen LogP contribution in [0.15, 0.2) is 12.1 Å². The topological polar surface area (TPSA) is 109 Å². The third-order valence-electron chi connectivity index (χ3n) is 4.03. The van der Waals surface area contributed by atoms with Gasteiger partial charge in [0, 0.05) is 0 Å². The van der Waals surface area contributed by atoms with Crippen molar-refractivity contribution in [2.24, 2.45) is 0 Å². The van der Waals surface area contributed by atoms with Gasteiger partial charge in [0.05, 0.1) is 13.1 Å². The molecule has 9 heteroatoms. The van der Waals surface area contributed by atoms with E-state index in [0.717, 1.165) is 16.5 Å². The van der Waals surface area contributed by atoms with Crippen LogP contribution < -0.4 is 15.7 Å². The van der Waals surface area contributed by atoms with Gasteiger partial charge >= 0.3 is 19.2 Å². The van der Waals surface area contributed by atoms with Crippen molar-refractivity contribution in [2.75, 3.05) is 13.1 Å². The minimum absolute atomic E-state index is 0.130. The van der Waals surface area contributed by atoms with Crippen molar-refractivity contribution in [2.45, 2.75) is 45.6 Å². The summed E-state index contributed by atoms with van der Waals surface area (Å²) in [7, 11) is 0. The summed E-state index contributed by atoms with van der Waals surface area (Å²) in [6.07, 6.45) is -3.66. The summed E-state index contributed by atoms with van der Waals surface area (Å²) in [5.41, 5.74) is 1.82. The highest BCUT2D eigenvalue weighted by Crippen LogP contribution is 2.25. The van der Waals surface area contributed by atoms with Crippen LogP contribution in [0.1, 0.15) is 26.3 Å². The van der Waals surface area contributed by atoms with Crippen LogP contribution in [0.3, 0.4) is 0 Å². The molecule has 2 aliphatic rings. The predicted octanol–water partition coefficient (Wildman–Crippen LogP) is -0.983. The summed E-state index contributed by atoms with van der Waals surface area (Å²) in [6.45, 7) is 7.51. The summed E-state index contributed by atoms with van der Waals surface area (Å²) >= 11 is 0. The molecule has 136 valence electrons. The Morgan fingerprint density at radius 2 is 1.88 bits per heavy atom. The molecule has 25 heavy (non-hydrogen) atoms. The normalized spacial score (nSPS) is 17.1. The minimum atomic E-state index is -3.17. The maximum atomic E-state index is 11.9.